The summed E-state index contributed by atoms with van der Waals surface area (Å²) in [4.78, 5) is 41.5. The largest absolute Gasteiger partial charge is 0.493 e. The highest BCUT2D eigenvalue weighted by Crippen LogP contribution is 2.32. The first kappa shape index (κ1) is 30.0. The van der Waals surface area contributed by atoms with Gasteiger partial charge in [0.05, 0.1) is 33.1 Å². The van der Waals surface area contributed by atoms with E-state index in [9.17, 15) is 14.4 Å². The molecule has 1 aliphatic heterocycles. The van der Waals surface area contributed by atoms with Crippen molar-refractivity contribution in [3.63, 3.8) is 0 Å². The second kappa shape index (κ2) is 14.6. The fourth-order valence-corrected chi connectivity index (χ4v) is 4.79. The second-order valence-corrected chi connectivity index (χ2v) is 9.96. The molecule has 11 heteroatoms. The van der Waals surface area contributed by atoms with Crippen LogP contribution >= 0.6 is 11.6 Å². The van der Waals surface area contributed by atoms with Gasteiger partial charge in [0, 0.05) is 24.7 Å². The van der Waals surface area contributed by atoms with Gasteiger partial charge < -0.3 is 34.2 Å². The zero-order valence-corrected chi connectivity index (χ0v) is 23.8. The summed E-state index contributed by atoms with van der Waals surface area (Å²) in [6.45, 7) is 0.810. The maximum Gasteiger partial charge on any atom is 0.287 e. The van der Waals surface area contributed by atoms with E-state index in [0.29, 0.717) is 41.7 Å². The van der Waals surface area contributed by atoms with Crippen molar-refractivity contribution in [1.82, 2.24) is 15.5 Å². The van der Waals surface area contributed by atoms with Crippen LogP contribution in [0.2, 0.25) is 5.02 Å². The molecule has 0 unspecified atom stereocenters. The number of halogens is 1. The van der Waals surface area contributed by atoms with Crippen molar-refractivity contribution in [3.8, 4) is 11.5 Å². The Morgan fingerprint density at radius 2 is 1.83 bits per heavy atom. The van der Waals surface area contributed by atoms with Gasteiger partial charge in [0.1, 0.15) is 6.04 Å². The number of carbonyl (C=O) groups is 3. The summed E-state index contributed by atoms with van der Waals surface area (Å²) in [5, 5.41) is 6.16. The molecule has 2 N–H and O–H groups in total. The number of nitrogens with one attached hydrogen (secondary N) is 2. The highest BCUT2D eigenvalue weighted by Gasteiger charge is 2.33. The lowest BCUT2D eigenvalue weighted by atomic mass is 10.0. The van der Waals surface area contributed by atoms with Gasteiger partial charge in [-0.1, -0.05) is 29.8 Å². The topological polar surface area (TPSA) is 119 Å². The van der Waals surface area contributed by atoms with Gasteiger partial charge in [0.25, 0.3) is 5.91 Å². The van der Waals surface area contributed by atoms with Crippen molar-refractivity contribution in [1.29, 1.82) is 0 Å². The van der Waals surface area contributed by atoms with Crippen molar-refractivity contribution < 1.29 is 33.0 Å². The number of hydrogen-bond donors (Lipinski definition) is 2. The predicted octanol–water partition coefficient (Wildman–Crippen LogP) is 3.79. The Balaban J connectivity index is 1.64. The van der Waals surface area contributed by atoms with E-state index < -0.39 is 17.9 Å². The number of furan rings is 1. The third-order valence-electron chi connectivity index (χ3n) is 6.83. The molecule has 0 radical (unpaired) electrons. The van der Waals surface area contributed by atoms with Crippen LogP contribution in [0.25, 0.3) is 0 Å². The zero-order valence-electron chi connectivity index (χ0n) is 23.1. The molecule has 1 aromatic heterocycles. The van der Waals surface area contributed by atoms with Gasteiger partial charge in [-0.15, -0.1) is 0 Å². The van der Waals surface area contributed by atoms with Crippen molar-refractivity contribution in [2.24, 2.45) is 0 Å². The van der Waals surface area contributed by atoms with Crippen LogP contribution in [0, 0.1) is 0 Å². The quantitative estimate of drug-likeness (QED) is 0.314. The van der Waals surface area contributed by atoms with Crippen LogP contribution < -0.4 is 20.1 Å². The molecular formula is C30H34ClN3O7. The van der Waals surface area contributed by atoms with Gasteiger partial charge >= 0.3 is 0 Å². The molecule has 218 valence electrons. The number of amides is 3. The molecule has 0 saturated carbocycles. The second-order valence-electron chi connectivity index (χ2n) is 9.52. The Bertz CT molecular complexity index is 1310. The van der Waals surface area contributed by atoms with Crippen LogP contribution in [0.1, 0.15) is 40.6 Å². The van der Waals surface area contributed by atoms with Crippen LogP contribution in [-0.4, -0.2) is 69.2 Å². The molecule has 10 nitrogen and oxygen atoms in total. The van der Waals surface area contributed by atoms with Gasteiger partial charge in [-0.3, -0.25) is 14.4 Å². The van der Waals surface area contributed by atoms with E-state index in [0.717, 1.165) is 18.4 Å². The molecule has 0 aliphatic carbocycles. The average molecular weight is 584 g/mol. The molecular weight excluding hydrogens is 550 g/mol. The average Bonchev–Trinajstić information content (AvgIpc) is 3.72. The third-order valence-corrected chi connectivity index (χ3v) is 7.08. The molecule has 2 atom stereocenters. The number of hydrogen-bond acceptors (Lipinski definition) is 7. The van der Waals surface area contributed by atoms with E-state index in [2.05, 4.69) is 10.6 Å². The van der Waals surface area contributed by atoms with E-state index in [1.165, 1.54) is 31.4 Å². The number of benzene rings is 2. The number of methoxy groups -OCH3 is 2. The summed E-state index contributed by atoms with van der Waals surface area (Å²) in [5.41, 5.74) is 1.45. The number of nitrogens with zero attached hydrogens (tertiary/aromatic N) is 1. The number of rotatable bonds is 13. The molecule has 0 bridgehead atoms. The summed E-state index contributed by atoms with van der Waals surface area (Å²) in [6, 6.07) is 14.4. The Labute approximate surface area is 243 Å². The molecule has 1 saturated heterocycles. The number of carbonyl (C=O) groups excluding carboxylic acids is 3. The highest BCUT2D eigenvalue weighted by molar-refractivity contribution is 6.30. The van der Waals surface area contributed by atoms with E-state index in [1.807, 2.05) is 12.1 Å². The first-order valence-electron chi connectivity index (χ1n) is 13.4. The lowest BCUT2D eigenvalue weighted by molar-refractivity contribution is -0.140. The van der Waals surface area contributed by atoms with Gasteiger partial charge in [-0.2, -0.15) is 0 Å². The fourth-order valence-electron chi connectivity index (χ4n) is 4.66. The molecule has 2 heterocycles. The van der Waals surface area contributed by atoms with Gasteiger partial charge in [-0.05, 0) is 66.8 Å². The molecule has 41 heavy (non-hydrogen) atoms. The monoisotopic (exact) mass is 583 g/mol. The zero-order chi connectivity index (χ0) is 29.2. The summed E-state index contributed by atoms with van der Waals surface area (Å²) in [5.74, 6) is -0.388. The van der Waals surface area contributed by atoms with Crippen LogP contribution in [0.3, 0.4) is 0 Å². The molecule has 2 aromatic carbocycles. The van der Waals surface area contributed by atoms with Gasteiger partial charge in [0.2, 0.25) is 11.8 Å². The minimum absolute atomic E-state index is 0.0799. The van der Waals surface area contributed by atoms with Crippen molar-refractivity contribution in [2.45, 2.75) is 31.4 Å². The van der Waals surface area contributed by atoms with Crippen molar-refractivity contribution in [2.75, 3.05) is 40.5 Å². The molecule has 1 fully saturated rings. The smallest absolute Gasteiger partial charge is 0.287 e. The predicted molar refractivity (Wildman–Crippen MR) is 152 cm³/mol. The van der Waals surface area contributed by atoms with Gasteiger partial charge in [-0.25, -0.2) is 0 Å². The summed E-state index contributed by atoms with van der Waals surface area (Å²) < 4.78 is 21.7. The van der Waals surface area contributed by atoms with Crippen LogP contribution in [0.4, 0.5) is 0 Å². The lowest BCUT2D eigenvalue weighted by Crippen LogP contribution is -2.49. The molecule has 3 amide bonds. The van der Waals surface area contributed by atoms with Crippen molar-refractivity contribution >= 4 is 29.3 Å². The Hall–Kier alpha value is -4.02. The van der Waals surface area contributed by atoms with E-state index in [1.54, 1.807) is 36.4 Å². The SMILES string of the molecule is COc1ccc([C@@H](C(=O)NC[C@H]2CCCO2)N(CCc2ccc(Cl)cc2)C(=O)CNC(=O)c2ccco2)cc1OC. The standard InChI is InChI=1S/C30H34ClN3O7/c1-38-24-12-9-21(17-26(24)39-2)28(30(37)32-18-23-5-3-15-40-23)34(14-13-20-7-10-22(31)11-8-20)27(35)19-33-29(36)25-6-4-16-41-25/h4,6-12,16-17,23,28H,3,5,13-15,18-19H2,1-2H3,(H,32,37)(H,33,36)/t23-,28+/m1/s1. The maximum absolute atomic E-state index is 13.8. The van der Waals surface area contributed by atoms with E-state index >= 15 is 0 Å². The lowest BCUT2D eigenvalue weighted by Gasteiger charge is -2.32. The van der Waals surface area contributed by atoms with Crippen LogP contribution in [-0.2, 0) is 20.7 Å². The summed E-state index contributed by atoms with van der Waals surface area (Å²) in [7, 11) is 3.02. The van der Waals surface area contributed by atoms with Gasteiger partial charge in [0.15, 0.2) is 17.3 Å². The third kappa shape index (κ3) is 8.02. The minimum atomic E-state index is -1.03. The molecule has 0 spiro atoms. The van der Waals surface area contributed by atoms with Crippen LogP contribution in [0.5, 0.6) is 11.5 Å². The Morgan fingerprint density at radius 1 is 1.05 bits per heavy atom. The van der Waals surface area contributed by atoms with Crippen molar-refractivity contribution in [3.05, 3.63) is 82.8 Å². The Morgan fingerprint density at radius 3 is 2.49 bits per heavy atom. The Kier molecular flexibility index (Phi) is 10.6. The highest BCUT2D eigenvalue weighted by atomic mass is 35.5. The molecule has 1 aliphatic rings. The first-order valence-corrected chi connectivity index (χ1v) is 13.7. The first-order chi connectivity index (χ1) is 19.9. The fraction of sp³-hybridized carbons (Fsp3) is 0.367. The maximum atomic E-state index is 13.8. The normalized spacial score (nSPS) is 15.1. The van der Waals surface area contributed by atoms with E-state index in [4.69, 9.17) is 30.2 Å². The number of ether oxygens (including phenoxy) is 3. The summed E-state index contributed by atoms with van der Waals surface area (Å²) >= 11 is 6.05. The van der Waals surface area contributed by atoms with Crippen LogP contribution in [0.15, 0.2) is 65.3 Å². The van der Waals surface area contributed by atoms with E-state index in [-0.39, 0.29) is 30.9 Å². The minimum Gasteiger partial charge on any atom is -0.493 e. The summed E-state index contributed by atoms with van der Waals surface area (Å²) in [6.07, 6.45) is 3.51. The molecule has 4 rings (SSSR count). The molecule has 3 aromatic rings.